The smallest absolute Gasteiger partial charge is 0.306 e. The SMILES string of the molecule is CC/C=C\C/C=C\C/C=C\C/C=C\CCCCC(=O)O[C@H](COC(=O)CCC/C=C\C/C=C\C/C=C\C/C=C\CCCCC)COC(=O)CCCCCCC/C=C\CCCCCC. The van der Waals surface area contributed by atoms with Crippen LogP contribution in [0.4, 0.5) is 0 Å². The Bertz CT molecular complexity index is 1330. The van der Waals surface area contributed by atoms with Gasteiger partial charge in [-0.25, -0.2) is 0 Å². The highest BCUT2D eigenvalue weighted by Crippen LogP contribution is 2.12. The van der Waals surface area contributed by atoms with Gasteiger partial charge in [0.25, 0.3) is 0 Å². The Morgan fingerprint density at radius 3 is 1.11 bits per heavy atom. The summed E-state index contributed by atoms with van der Waals surface area (Å²) in [5.41, 5.74) is 0. The number of rotatable bonds is 44. The fourth-order valence-electron chi connectivity index (χ4n) is 6.42. The fraction of sp³-hybridized carbons (Fsp3) is 0.632. The van der Waals surface area contributed by atoms with Crippen molar-refractivity contribution in [3.63, 3.8) is 0 Å². The van der Waals surface area contributed by atoms with Crippen molar-refractivity contribution in [1.29, 1.82) is 0 Å². The lowest BCUT2D eigenvalue weighted by atomic mass is 10.1. The molecule has 0 radical (unpaired) electrons. The first-order valence-electron chi connectivity index (χ1n) is 25.4. The van der Waals surface area contributed by atoms with Crippen LogP contribution >= 0.6 is 0 Å². The summed E-state index contributed by atoms with van der Waals surface area (Å²) >= 11 is 0. The van der Waals surface area contributed by atoms with Gasteiger partial charge in [0.15, 0.2) is 6.10 Å². The zero-order chi connectivity index (χ0) is 45.8. The molecule has 0 aliphatic heterocycles. The van der Waals surface area contributed by atoms with Crippen molar-refractivity contribution < 1.29 is 28.6 Å². The summed E-state index contributed by atoms with van der Waals surface area (Å²) in [5.74, 6) is -1.03. The molecule has 0 bridgehead atoms. The lowest BCUT2D eigenvalue weighted by Crippen LogP contribution is -2.30. The number of carbonyl (C=O) groups is 3. The molecule has 63 heavy (non-hydrogen) atoms. The lowest BCUT2D eigenvalue weighted by Gasteiger charge is -2.18. The largest absolute Gasteiger partial charge is 0.462 e. The Labute approximate surface area is 387 Å². The van der Waals surface area contributed by atoms with Crippen molar-refractivity contribution in [1.82, 2.24) is 0 Å². The van der Waals surface area contributed by atoms with Crippen LogP contribution < -0.4 is 0 Å². The summed E-state index contributed by atoms with van der Waals surface area (Å²) in [4.78, 5) is 37.9. The standard InChI is InChI=1S/C57H92O6/c1-4-7-10-13-16-19-22-25-27-28-30-32-35-38-41-44-47-50-56(59)62-53-54(52-61-55(58)49-46-43-40-37-34-31-24-21-18-15-12-9-6-3)63-57(60)51-48-45-42-39-36-33-29-26-23-20-17-14-11-8-5-2/h8,11,16-17,19-21,24-27,29-30,32,36,38-39,41,54H,4-7,9-10,12-15,18,22-23,28,31,33-35,37,40,42-53H2,1-3H3/b11-8-,19-16-,20-17-,24-21-,27-25-,29-26-,32-30-,39-36-,41-38-/t54-/m0/s1. The quantitative estimate of drug-likeness (QED) is 0.0263. The average molecular weight is 873 g/mol. The second-order valence-electron chi connectivity index (χ2n) is 16.3. The average Bonchev–Trinajstić information content (AvgIpc) is 3.28. The van der Waals surface area contributed by atoms with E-state index in [1.54, 1.807) is 0 Å². The molecule has 356 valence electrons. The van der Waals surface area contributed by atoms with E-state index in [0.29, 0.717) is 19.3 Å². The van der Waals surface area contributed by atoms with E-state index >= 15 is 0 Å². The van der Waals surface area contributed by atoms with Gasteiger partial charge in [0, 0.05) is 19.3 Å². The van der Waals surface area contributed by atoms with Crippen LogP contribution in [0, 0.1) is 0 Å². The molecule has 0 N–H and O–H groups in total. The summed E-state index contributed by atoms with van der Waals surface area (Å²) in [5, 5.41) is 0. The second kappa shape index (κ2) is 50.7. The van der Waals surface area contributed by atoms with E-state index in [1.165, 1.54) is 64.2 Å². The first kappa shape index (κ1) is 59.1. The number of ether oxygens (including phenoxy) is 3. The summed E-state index contributed by atoms with van der Waals surface area (Å²) in [6.45, 7) is 6.37. The normalized spacial score (nSPS) is 13.0. The molecule has 0 saturated carbocycles. The van der Waals surface area contributed by atoms with Crippen molar-refractivity contribution in [3.8, 4) is 0 Å². The molecule has 0 amide bonds. The molecule has 0 aliphatic carbocycles. The zero-order valence-electron chi connectivity index (χ0n) is 40.5. The molecule has 0 unspecified atom stereocenters. The highest BCUT2D eigenvalue weighted by molar-refractivity contribution is 5.71. The van der Waals surface area contributed by atoms with Crippen molar-refractivity contribution in [2.45, 2.75) is 219 Å². The second-order valence-corrected chi connectivity index (χ2v) is 16.3. The van der Waals surface area contributed by atoms with E-state index < -0.39 is 6.10 Å². The molecule has 1 atom stereocenters. The topological polar surface area (TPSA) is 78.9 Å². The van der Waals surface area contributed by atoms with E-state index in [1.807, 2.05) is 0 Å². The zero-order valence-corrected chi connectivity index (χ0v) is 40.5. The van der Waals surface area contributed by atoms with Crippen molar-refractivity contribution in [2.24, 2.45) is 0 Å². The first-order chi connectivity index (χ1) is 31.0. The molecule has 0 aromatic rings. The Morgan fingerprint density at radius 1 is 0.333 bits per heavy atom. The molecule has 6 nitrogen and oxygen atoms in total. The van der Waals surface area contributed by atoms with Crippen molar-refractivity contribution >= 4 is 17.9 Å². The molecule has 0 aromatic carbocycles. The maximum atomic E-state index is 12.8. The highest BCUT2D eigenvalue weighted by Gasteiger charge is 2.19. The number of hydrogen-bond acceptors (Lipinski definition) is 6. The number of esters is 3. The van der Waals surface area contributed by atoms with Crippen LogP contribution in [0.5, 0.6) is 0 Å². The fourth-order valence-corrected chi connectivity index (χ4v) is 6.42. The molecule has 0 aromatic heterocycles. The summed E-state index contributed by atoms with van der Waals surface area (Å²) in [6.07, 6.45) is 67.9. The van der Waals surface area contributed by atoms with E-state index in [9.17, 15) is 14.4 Å². The van der Waals surface area contributed by atoms with Crippen LogP contribution in [0.25, 0.3) is 0 Å². The monoisotopic (exact) mass is 873 g/mol. The minimum absolute atomic E-state index is 0.118. The third-order valence-electron chi connectivity index (χ3n) is 10.2. The molecule has 6 heteroatoms. The highest BCUT2D eigenvalue weighted by atomic mass is 16.6. The molecule has 0 heterocycles. The summed E-state index contributed by atoms with van der Waals surface area (Å²) in [6, 6.07) is 0. The molecule has 0 spiro atoms. The van der Waals surface area contributed by atoms with Crippen molar-refractivity contribution in [2.75, 3.05) is 13.2 Å². The molecule has 0 saturated heterocycles. The number of unbranched alkanes of at least 4 members (excludes halogenated alkanes) is 15. The lowest BCUT2D eigenvalue weighted by molar-refractivity contribution is -0.167. The Kier molecular flexibility index (Phi) is 47.5. The predicted molar refractivity (Wildman–Crippen MR) is 270 cm³/mol. The predicted octanol–water partition coefficient (Wildman–Crippen LogP) is 16.8. The van der Waals surface area contributed by atoms with Gasteiger partial charge in [-0.1, -0.05) is 182 Å². The molecule has 0 rings (SSSR count). The van der Waals surface area contributed by atoms with E-state index in [0.717, 1.165) is 96.3 Å². The van der Waals surface area contributed by atoms with Gasteiger partial charge in [-0.3, -0.25) is 14.4 Å². The maximum Gasteiger partial charge on any atom is 0.306 e. The summed E-state index contributed by atoms with van der Waals surface area (Å²) < 4.78 is 16.7. The molecular formula is C57H92O6. The third kappa shape index (κ3) is 49.0. The van der Waals surface area contributed by atoms with Gasteiger partial charge in [0.2, 0.25) is 0 Å². The van der Waals surface area contributed by atoms with Crippen LogP contribution in [0.1, 0.15) is 213 Å². The van der Waals surface area contributed by atoms with Crippen LogP contribution in [0.3, 0.4) is 0 Å². The van der Waals surface area contributed by atoms with Gasteiger partial charge in [-0.15, -0.1) is 0 Å². The number of allylic oxidation sites excluding steroid dienone is 18. The molecular weight excluding hydrogens is 781 g/mol. The van der Waals surface area contributed by atoms with Crippen LogP contribution in [-0.4, -0.2) is 37.2 Å². The van der Waals surface area contributed by atoms with E-state index in [4.69, 9.17) is 14.2 Å². The maximum absolute atomic E-state index is 12.8. The molecule has 0 aliphatic rings. The number of hydrogen-bond donors (Lipinski definition) is 0. The summed E-state index contributed by atoms with van der Waals surface area (Å²) in [7, 11) is 0. The van der Waals surface area contributed by atoms with Gasteiger partial charge in [-0.05, 0) is 122 Å². The van der Waals surface area contributed by atoms with Gasteiger partial charge in [-0.2, -0.15) is 0 Å². The Balaban J connectivity index is 4.57. The van der Waals surface area contributed by atoms with Gasteiger partial charge < -0.3 is 14.2 Å². The number of carbonyl (C=O) groups excluding carboxylic acids is 3. The molecule has 0 fully saturated rings. The van der Waals surface area contributed by atoms with Gasteiger partial charge in [0.05, 0.1) is 0 Å². The minimum atomic E-state index is -0.826. The van der Waals surface area contributed by atoms with Crippen LogP contribution in [-0.2, 0) is 28.6 Å². The van der Waals surface area contributed by atoms with Crippen LogP contribution in [0.15, 0.2) is 109 Å². The van der Waals surface area contributed by atoms with Crippen LogP contribution in [0.2, 0.25) is 0 Å². The van der Waals surface area contributed by atoms with E-state index in [-0.39, 0.29) is 44.0 Å². The Hall–Kier alpha value is -3.93. The van der Waals surface area contributed by atoms with Crippen molar-refractivity contribution in [3.05, 3.63) is 109 Å². The Morgan fingerprint density at radius 2 is 0.635 bits per heavy atom. The van der Waals surface area contributed by atoms with Gasteiger partial charge >= 0.3 is 17.9 Å². The van der Waals surface area contributed by atoms with E-state index in [2.05, 4.69) is 130 Å². The van der Waals surface area contributed by atoms with Gasteiger partial charge in [0.1, 0.15) is 13.2 Å². The minimum Gasteiger partial charge on any atom is -0.462 e. The third-order valence-corrected chi connectivity index (χ3v) is 10.2. The first-order valence-corrected chi connectivity index (χ1v) is 25.4.